The Bertz CT molecular complexity index is 728. The molecular weight excluding hydrogens is 314 g/mol. The van der Waals surface area contributed by atoms with Crippen LogP contribution >= 0.6 is 0 Å². The molecule has 0 amide bonds. The van der Waals surface area contributed by atoms with Gasteiger partial charge in [-0.15, -0.1) is 0 Å². The minimum absolute atomic E-state index is 0.351. The fourth-order valence-corrected chi connectivity index (χ4v) is 3.73. The van der Waals surface area contributed by atoms with Gasteiger partial charge in [0.2, 0.25) is 5.95 Å². The first kappa shape index (κ1) is 16.6. The first-order chi connectivity index (χ1) is 12.2. The minimum atomic E-state index is 0.351. The third-order valence-electron chi connectivity index (χ3n) is 5.44. The van der Waals surface area contributed by atoms with Gasteiger partial charge in [0.05, 0.1) is 6.33 Å². The summed E-state index contributed by atoms with van der Waals surface area (Å²) in [6.45, 7) is 3.10. The van der Waals surface area contributed by atoms with Crippen molar-refractivity contribution in [3.63, 3.8) is 0 Å². The summed E-state index contributed by atoms with van der Waals surface area (Å²) in [4.78, 5) is 16.5. The molecule has 7 nitrogen and oxygen atoms in total. The van der Waals surface area contributed by atoms with Gasteiger partial charge < -0.3 is 20.5 Å². The van der Waals surface area contributed by atoms with Gasteiger partial charge in [0.1, 0.15) is 0 Å². The van der Waals surface area contributed by atoms with Gasteiger partial charge >= 0.3 is 0 Å². The third-order valence-corrected chi connectivity index (χ3v) is 5.44. The van der Waals surface area contributed by atoms with Gasteiger partial charge in [-0.05, 0) is 44.9 Å². The first-order valence-electron chi connectivity index (χ1n) is 9.63. The van der Waals surface area contributed by atoms with Crippen molar-refractivity contribution < 1.29 is 0 Å². The highest BCUT2D eigenvalue weighted by molar-refractivity contribution is 5.85. The van der Waals surface area contributed by atoms with E-state index in [4.69, 9.17) is 15.7 Å². The van der Waals surface area contributed by atoms with Crippen molar-refractivity contribution in [2.45, 2.75) is 76.5 Å². The maximum atomic E-state index is 6.03. The monoisotopic (exact) mass is 343 g/mol. The zero-order valence-corrected chi connectivity index (χ0v) is 15.3. The van der Waals surface area contributed by atoms with Gasteiger partial charge in [-0.25, -0.2) is 4.98 Å². The molecule has 136 valence electrons. The predicted molar refractivity (Wildman–Crippen MR) is 101 cm³/mol. The Morgan fingerprint density at radius 2 is 1.96 bits per heavy atom. The van der Waals surface area contributed by atoms with E-state index in [2.05, 4.69) is 33.7 Å². The Morgan fingerprint density at radius 1 is 1.20 bits per heavy atom. The standard InChI is InChI=1S/C18H29N7/c1-3-10-25-11-20-15-16(24(2)14-8-9-14)22-18(23-17(15)25)21-13-6-4-12(19)5-7-13/h11-14H,3-10,19H2,1-2H3,(H,21,22,23). The van der Waals surface area contributed by atoms with Gasteiger partial charge in [0.25, 0.3) is 0 Å². The summed E-state index contributed by atoms with van der Waals surface area (Å²) in [5, 5.41) is 3.56. The zero-order valence-electron chi connectivity index (χ0n) is 15.3. The largest absolute Gasteiger partial charge is 0.355 e. The molecule has 7 heteroatoms. The minimum Gasteiger partial charge on any atom is -0.355 e. The van der Waals surface area contributed by atoms with E-state index in [9.17, 15) is 0 Å². The fraction of sp³-hybridized carbons (Fsp3) is 0.722. The van der Waals surface area contributed by atoms with Crippen molar-refractivity contribution in [2.75, 3.05) is 17.3 Å². The van der Waals surface area contributed by atoms with Gasteiger partial charge in [-0.1, -0.05) is 6.92 Å². The molecule has 0 saturated heterocycles. The summed E-state index contributed by atoms with van der Waals surface area (Å²) in [5.74, 6) is 1.69. The van der Waals surface area contributed by atoms with Crippen molar-refractivity contribution in [2.24, 2.45) is 5.73 Å². The third kappa shape index (κ3) is 3.42. The molecule has 3 N–H and O–H groups in total. The van der Waals surface area contributed by atoms with Gasteiger partial charge in [0, 0.05) is 31.7 Å². The Labute approximate surface area is 149 Å². The topological polar surface area (TPSA) is 84.9 Å². The van der Waals surface area contributed by atoms with Crippen molar-refractivity contribution >= 4 is 22.9 Å². The van der Waals surface area contributed by atoms with Crippen LogP contribution in [-0.2, 0) is 6.54 Å². The van der Waals surface area contributed by atoms with Crippen molar-refractivity contribution in [3.8, 4) is 0 Å². The number of hydrogen-bond donors (Lipinski definition) is 2. The van der Waals surface area contributed by atoms with E-state index in [-0.39, 0.29) is 0 Å². The maximum Gasteiger partial charge on any atom is 0.227 e. The summed E-state index contributed by atoms with van der Waals surface area (Å²) in [7, 11) is 2.13. The molecule has 2 aliphatic rings. The number of nitrogens with zero attached hydrogens (tertiary/aromatic N) is 5. The van der Waals surface area contributed by atoms with Crippen molar-refractivity contribution in [3.05, 3.63) is 6.33 Å². The van der Waals surface area contributed by atoms with Gasteiger partial charge in [0.15, 0.2) is 17.0 Å². The molecule has 2 saturated carbocycles. The van der Waals surface area contributed by atoms with Crippen LogP contribution in [0.2, 0.25) is 0 Å². The number of nitrogens with one attached hydrogen (secondary N) is 1. The molecule has 0 aliphatic heterocycles. The van der Waals surface area contributed by atoms with E-state index in [1.54, 1.807) is 0 Å². The van der Waals surface area contributed by atoms with Crippen LogP contribution in [0.25, 0.3) is 11.2 Å². The fourth-order valence-electron chi connectivity index (χ4n) is 3.73. The lowest BCUT2D eigenvalue weighted by atomic mass is 9.92. The molecule has 2 aromatic rings. The SMILES string of the molecule is CCCn1cnc2c(N(C)C3CC3)nc(NC3CCC(N)CC3)nc21. The summed E-state index contributed by atoms with van der Waals surface area (Å²) in [5.41, 5.74) is 7.89. The second-order valence-corrected chi connectivity index (χ2v) is 7.58. The quantitative estimate of drug-likeness (QED) is 0.838. The molecule has 2 fully saturated rings. The number of aromatic nitrogens is 4. The highest BCUT2D eigenvalue weighted by Gasteiger charge is 2.30. The molecule has 2 aromatic heterocycles. The predicted octanol–water partition coefficient (Wildman–Crippen LogP) is 2.52. The van der Waals surface area contributed by atoms with Crippen LogP contribution in [0.4, 0.5) is 11.8 Å². The molecule has 2 aliphatic carbocycles. The second kappa shape index (κ2) is 6.78. The van der Waals surface area contributed by atoms with E-state index in [0.717, 1.165) is 61.6 Å². The van der Waals surface area contributed by atoms with Crippen LogP contribution in [0.5, 0.6) is 0 Å². The molecule has 25 heavy (non-hydrogen) atoms. The lowest BCUT2D eigenvalue weighted by Crippen LogP contribution is -2.33. The number of anilines is 2. The molecule has 0 radical (unpaired) electrons. The average Bonchev–Trinajstić information content (AvgIpc) is 3.39. The average molecular weight is 343 g/mol. The highest BCUT2D eigenvalue weighted by atomic mass is 15.3. The Kier molecular flexibility index (Phi) is 4.50. The van der Waals surface area contributed by atoms with E-state index in [1.807, 2.05) is 6.33 Å². The normalized spacial score (nSPS) is 23.8. The Hall–Kier alpha value is -1.89. The Morgan fingerprint density at radius 3 is 2.64 bits per heavy atom. The number of imidazole rings is 1. The zero-order chi connectivity index (χ0) is 17.4. The van der Waals surface area contributed by atoms with Crippen LogP contribution in [0.1, 0.15) is 51.9 Å². The molecule has 0 atom stereocenters. The number of aryl methyl sites for hydroxylation is 1. The smallest absolute Gasteiger partial charge is 0.227 e. The maximum absolute atomic E-state index is 6.03. The molecular formula is C18H29N7. The van der Waals surface area contributed by atoms with E-state index >= 15 is 0 Å². The van der Waals surface area contributed by atoms with Crippen LogP contribution in [-0.4, -0.2) is 44.7 Å². The second-order valence-electron chi connectivity index (χ2n) is 7.58. The number of rotatable bonds is 6. The van der Waals surface area contributed by atoms with Crippen molar-refractivity contribution in [1.82, 2.24) is 19.5 Å². The summed E-state index contributed by atoms with van der Waals surface area (Å²) in [6.07, 6.45) is 9.76. The van der Waals surface area contributed by atoms with E-state index in [0.29, 0.717) is 18.1 Å². The summed E-state index contributed by atoms with van der Waals surface area (Å²) < 4.78 is 2.14. The van der Waals surface area contributed by atoms with Gasteiger partial charge in [-0.3, -0.25) is 0 Å². The molecule has 0 unspecified atom stereocenters. The lowest BCUT2D eigenvalue weighted by molar-refractivity contribution is 0.410. The number of hydrogen-bond acceptors (Lipinski definition) is 6. The summed E-state index contributed by atoms with van der Waals surface area (Å²) >= 11 is 0. The molecule has 2 heterocycles. The first-order valence-corrected chi connectivity index (χ1v) is 9.63. The van der Waals surface area contributed by atoms with E-state index < -0.39 is 0 Å². The Balaban J connectivity index is 1.66. The van der Waals surface area contributed by atoms with Crippen LogP contribution in [0, 0.1) is 0 Å². The number of fused-ring (bicyclic) bond motifs is 1. The highest BCUT2D eigenvalue weighted by Crippen LogP contribution is 2.33. The van der Waals surface area contributed by atoms with Crippen LogP contribution in [0.15, 0.2) is 6.33 Å². The van der Waals surface area contributed by atoms with Crippen LogP contribution in [0.3, 0.4) is 0 Å². The van der Waals surface area contributed by atoms with Crippen LogP contribution < -0.4 is 16.0 Å². The molecule has 0 spiro atoms. The summed E-state index contributed by atoms with van der Waals surface area (Å²) in [6, 6.07) is 1.36. The number of nitrogens with two attached hydrogens (primary N) is 1. The molecule has 4 rings (SSSR count). The lowest BCUT2D eigenvalue weighted by Gasteiger charge is -2.27. The molecule has 0 aromatic carbocycles. The van der Waals surface area contributed by atoms with Gasteiger partial charge in [-0.2, -0.15) is 9.97 Å². The van der Waals surface area contributed by atoms with Crippen molar-refractivity contribution in [1.29, 1.82) is 0 Å². The molecule has 0 bridgehead atoms. The van der Waals surface area contributed by atoms with E-state index in [1.165, 1.54) is 12.8 Å².